The summed E-state index contributed by atoms with van der Waals surface area (Å²) in [7, 11) is 1.29. The van der Waals surface area contributed by atoms with Gasteiger partial charge in [-0.25, -0.2) is 4.39 Å². The van der Waals surface area contributed by atoms with Crippen LogP contribution in [-0.4, -0.2) is 18.9 Å². The van der Waals surface area contributed by atoms with E-state index in [9.17, 15) is 14.0 Å². The Labute approximate surface area is 110 Å². The van der Waals surface area contributed by atoms with Gasteiger partial charge < -0.3 is 4.74 Å². The first-order valence-electron chi connectivity index (χ1n) is 5.48. The molecule has 0 heterocycles. The molecule has 18 heavy (non-hydrogen) atoms. The number of ketones is 1. The molecule has 1 aromatic carbocycles. The Kier molecular flexibility index (Phi) is 5.28. The van der Waals surface area contributed by atoms with E-state index in [1.54, 1.807) is 6.92 Å². The molecule has 0 radical (unpaired) electrons. The van der Waals surface area contributed by atoms with Crippen LogP contribution < -0.4 is 0 Å². The molecule has 0 N–H and O–H groups in total. The first kappa shape index (κ1) is 14.6. The number of ether oxygens (including phenoxy) is 1. The van der Waals surface area contributed by atoms with E-state index in [2.05, 4.69) is 4.74 Å². The Hall–Kier alpha value is -1.42. The van der Waals surface area contributed by atoms with Crippen LogP contribution in [0.5, 0.6) is 0 Å². The van der Waals surface area contributed by atoms with Crippen LogP contribution in [0.2, 0.25) is 5.02 Å². The third-order valence-corrected chi connectivity index (χ3v) is 2.68. The van der Waals surface area contributed by atoms with Gasteiger partial charge >= 0.3 is 5.97 Å². The van der Waals surface area contributed by atoms with Gasteiger partial charge in [-0.3, -0.25) is 9.59 Å². The number of hydrogen-bond donors (Lipinski definition) is 0. The Balaban J connectivity index is 2.67. The van der Waals surface area contributed by atoms with Gasteiger partial charge in [-0.1, -0.05) is 18.5 Å². The second-order valence-corrected chi connectivity index (χ2v) is 4.61. The van der Waals surface area contributed by atoms with E-state index in [0.717, 1.165) is 12.1 Å². The van der Waals surface area contributed by atoms with Crippen LogP contribution in [0.25, 0.3) is 0 Å². The number of halogens is 2. The molecule has 0 saturated heterocycles. The molecule has 98 valence electrons. The fourth-order valence-corrected chi connectivity index (χ4v) is 1.81. The number of Topliss-reactive ketones (excluding diaryl/α,β-unsaturated/α-hetero) is 1. The van der Waals surface area contributed by atoms with Crippen LogP contribution in [0.1, 0.15) is 30.1 Å². The van der Waals surface area contributed by atoms with Gasteiger partial charge in [0.2, 0.25) is 0 Å². The first-order chi connectivity index (χ1) is 8.42. The van der Waals surface area contributed by atoms with Gasteiger partial charge in [-0.15, -0.1) is 0 Å². The summed E-state index contributed by atoms with van der Waals surface area (Å²) in [6, 6.07) is 3.69. The second kappa shape index (κ2) is 6.50. The minimum atomic E-state index is -0.550. The summed E-state index contributed by atoms with van der Waals surface area (Å²) in [4.78, 5) is 22.9. The minimum Gasteiger partial charge on any atom is -0.469 e. The number of rotatable bonds is 5. The summed E-state index contributed by atoms with van der Waals surface area (Å²) in [5.41, 5.74) is 0.219. The van der Waals surface area contributed by atoms with Crippen LogP contribution in [0.3, 0.4) is 0 Å². The van der Waals surface area contributed by atoms with E-state index < -0.39 is 5.82 Å². The van der Waals surface area contributed by atoms with E-state index >= 15 is 0 Å². The summed E-state index contributed by atoms with van der Waals surface area (Å²) >= 11 is 5.67. The highest BCUT2D eigenvalue weighted by Crippen LogP contribution is 2.18. The van der Waals surface area contributed by atoms with Gasteiger partial charge in [-0.05, 0) is 24.1 Å². The summed E-state index contributed by atoms with van der Waals surface area (Å²) in [6.07, 6.45) is 0.306. The van der Waals surface area contributed by atoms with E-state index in [1.165, 1.54) is 13.2 Å². The van der Waals surface area contributed by atoms with E-state index in [4.69, 9.17) is 11.6 Å². The SMILES string of the molecule is COC(=O)C[C@@H](C)CC(=O)c1cc(F)cc(Cl)c1. The van der Waals surface area contributed by atoms with Crippen molar-refractivity contribution >= 4 is 23.4 Å². The van der Waals surface area contributed by atoms with Crippen molar-refractivity contribution in [3.8, 4) is 0 Å². The van der Waals surface area contributed by atoms with E-state index in [1.807, 2.05) is 0 Å². The van der Waals surface area contributed by atoms with Crippen molar-refractivity contribution in [3.63, 3.8) is 0 Å². The molecule has 1 aromatic rings. The fourth-order valence-electron chi connectivity index (χ4n) is 1.59. The van der Waals surface area contributed by atoms with E-state index in [0.29, 0.717) is 0 Å². The van der Waals surface area contributed by atoms with Crippen molar-refractivity contribution in [1.29, 1.82) is 0 Å². The van der Waals surface area contributed by atoms with Crippen molar-refractivity contribution in [2.24, 2.45) is 5.92 Å². The average Bonchev–Trinajstić information content (AvgIpc) is 2.27. The highest BCUT2D eigenvalue weighted by molar-refractivity contribution is 6.31. The summed E-state index contributed by atoms with van der Waals surface area (Å²) < 4.78 is 17.6. The number of methoxy groups -OCH3 is 1. The predicted octanol–water partition coefficient (Wildman–Crippen LogP) is 3.25. The molecule has 0 unspecified atom stereocenters. The van der Waals surface area contributed by atoms with Crippen molar-refractivity contribution in [2.45, 2.75) is 19.8 Å². The molecule has 5 heteroatoms. The van der Waals surface area contributed by atoms with Crippen molar-refractivity contribution < 1.29 is 18.7 Å². The molecular formula is C13H14ClFO3. The van der Waals surface area contributed by atoms with Gasteiger partial charge in [0.1, 0.15) is 5.82 Å². The minimum absolute atomic E-state index is 0.148. The molecule has 0 saturated carbocycles. The molecular weight excluding hydrogens is 259 g/mol. The summed E-state index contributed by atoms with van der Waals surface area (Å²) in [5, 5.41) is 0.180. The number of carbonyl (C=O) groups excluding carboxylic acids is 2. The van der Waals surface area contributed by atoms with Crippen LogP contribution in [-0.2, 0) is 9.53 Å². The predicted molar refractivity (Wildman–Crippen MR) is 66.2 cm³/mol. The zero-order chi connectivity index (χ0) is 13.7. The highest BCUT2D eigenvalue weighted by Gasteiger charge is 2.16. The van der Waals surface area contributed by atoms with Crippen molar-refractivity contribution in [3.05, 3.63) is 34.6 Å². The van der Waals surface area contributed by atoms with Gasteiger partial charge in [-0.2, -0.15) is 0 Å². The van der Waals surface area contributed by atoms with Gasteiger partial charge in [0.25, 0.3) is 0 Å². The van der Waals surface area contributed by atoms with Crippen molar-refractivity contribution in [1.82, 2.24) is 0 Å². The third kappa shape index (κ3) is 4.45. The monoisotopic (exact) mass is 272 g/mol. The molecule has 0 aromatic heterocycles. The molecule has 0 aliphatic carbocycles. The smallest absolute Gasteiger partial charge is 0.305 e. The molecule has 0 fully saturated rings. The Morgan fingerprint density at radius 3 is 2.56 bits per heavy atom. The third-order valence-electron chi connectivity index (χ3n) is 2.46. The number of hydrogen-bond acceptors (Lipinski definition) is 3. The maximum atomic E-state index is 13.1. The largest absolute Gasteiger partial charge is 0.469 e. The topological polar surface area (TPSA) is 43.4 Å². The zero-order valence-corrected chi connectivity index (χ0v) is 11.0. The fraction of sp³-hybridized carbons (Fsp3) is 0.385. The maximum absolute atomic E-state index is 13.1. The lowest BCUT2D eigenvalue weighted by molar-refractivity contribution is -0.141. The quantitative estimate of drug-likeness (QED) is 0.610. The van der Waals surface area contributed by atoms with Crippen LogP contribution in [0, 0.1) is 11.7 Å². The molecule has 0 bridgehead atoms. The maximum Gasteiger partial charge on any atom is 0.305 e. The van der Waals surface area contributed by atoms with Gasteiger partial charge in [0.05, 0.1) is 7.11 Å². The lowest BCUT2D eigenvalue weighted by Gasteiger charge is -2.09. The van der Waals surface area contributed by atoms with Crippen LogP contribution in [0.4, 0.5) is 4.39 Å². The molecule has 0 amide bonds. The molecule has 0 spiro atoms. The average molecular weight is 273 g/mol. The summed E-state index contributed by atoms with van der Waals surface area (Å²) in [5.74, 6) is -1.32. The van der Waals surface area contributed by atoms with Crippen molar-refractivity contribution in [2.75, 3.05) is 7.11 Å². The normalized spacial score (nSPS) is 12.0. The number of carbonyl (C=O) groups is 2. The standard InChI is InChI=1S/C13H14ClFO3/c1-8(4-13(17)18-2)3-12(16)9-5-10(14)7-11(15)6-9/h5-8H,3-4H2,1-2H3/t8-/m0/s1. The lowest BCUT2D eigenvalue weighted by atomic mass is 9.97. The Bertz CT molecular complexity index is 439. The van der Waals surface area contributed by atoms with Crippen LogP contribution >= 0.6 is 11.6 Å². The summed E-state index contributed by atoms with van der Waals surface area (Å²) in [6.45, 7) is 1.76. The van der Waals surface area contributed by atoms with Gasteiger partial charge in [0.15, 0.2) is 5.78 Å². The lowest BCUT2D eigenvalue weighted by Crippen LogP contribution is -2.12. The Morgan fingerprint density at radius 1 is 1.33 bits per heavy atom. The molecule has 3 nitrogen and oxygen atoms in total. The molecule has 1 rings (SSSR count). The zero-order valence-electron chi connectivity index (χ0n) is 10.2. The number of benzene rings is 1. The molecule has 1 atom stereocenters. The first-order valence-corrected chi connectivity index (χ1v) is 5.86. The number of esters is 1. The Morgan fingerprint density at radius 2 is 2.00 bits per heavy atom. The van der Waals surface area contributed by atoms with E-state index in [-0.39, 0.29) is 41.1 Å². The second-order valence-electron chi connectivity index (χ2n) is 4.17. The molecule has 0 aliphatic heterocycles. The van der Waals surface area contributed by atoms with Gasteiger partial charge in [0, 0.05) is 23.4 Å². The molecule has 0 aliphatic rings. The highest BCUT2D eigenvalue weighted by atomic mass is 35.5. The van der Waals surface area contributed by atoms with Crippen LogP contribution in [0.15, 0.2) is 18.2 Å².